The molecule has 4 nitrogen and oxygen atoms in total. The Balaban J connectivity index is 1.83. The quantitative estimate of drug-likeness (QED) is 0.656. The van der Waals surface area contributed by atoms with Crippen LogP contribution in [-0.2, 0) is 6.54 Å². The van der Waals surface area contributed by atoms with Crippen LogP contribution < -0.4 is 10.5 Å². The molecule has 1 heterocycles. The summed E-state index contributed by atoms with van der Waals surface area (Å²) in [5.41, 5.74) is 8.65. The minimum absolute atomic E-state index is 0.387. The van der Waals surface area contributed by atoms with E-state index >= 15 is 0 Å². The molecule has 20 heavy (non-hydrogen) atoms. The molecule has 0 bridgehead atoms. The van der Waals surface area contributed by atoms with E-state index in [1.165, 1.54) is 5.69 Å². The van der Waals surface area contributed by atoms with Crippen molar-refractivity contribution in [1.82, 2.24) is 9.78 Å². The molecule has 0 spiro atoms. The highest BCUT2D eigenvalue weighted by atomic mass is 32.1. The van der Waals surface area contributed by atoms with Crippen LogP contribution in [0.15, 0.2) is 30.3 Å². The van der Waals surface area contributed by atoms with Crippen LogP contribution in [0.1, 0.15) is 23.4 Å². The molecule has 0 aliphatic carbocycles. The van der Waals surface area contributed by atoms with Crippen molar-refractivity contribution in [2.75, 3.05) is 6.61 Å². The molecule has 0 saturated heterocycles. The van der Waals surface area contributed by atoms with Crippen LogP contribution in [0.2, 0.25) is 0 Å². The summed E-state index contributed by atoms with van der Waals surface area (Å²) in [6.07, 6.45) is 0.902. The van der Waals surface area contributed by atoms with E-state index in [2.05, 4.69) is 18.1 Å². The number of nitrogens with two attached hydrogens (primary N) is 1. The molecule has 0 radical (unpaired) electrons. The van der Waals surface area contributed by atoms with Gasteiger partial charge in [-0.05, 0) is 32.0 Å². The number of benzene rings is 1. The molecule has 2 rings (SSSR count). The monoisotopic (exact) mass is 289 g/mol. The number of nitrogens with zero attached hydrogens (tertiary/aromatic N) is 2. The fourth-order valence-electron chi connectivity index (χ4n) is 2.04. The van der Waals surface area contributed by atoms with Gasteiger partial charge in [-0.3, -0.25) is 4.68 Å². The number of thiocarbonyl (C=S) groups is 1. The van der Waals surface area contributed by atoms with Gasteiger partial charge in [0.05, 0.1) is 12.3 Å². The minimum Gasteiger partial charge on any atom is -0.494 e. The molecule has 5 heteroatoms. The summed E-state index contributed by atoms with van der Waals surface area (Å²) in [6.45, 7) is 5.56. The van der Waals surface area contributed by atoms with E-state index < -0.39 is 0 Å². The zero-order valence-corrected chi connectivity index (χ0v) is 12.6. The topological polar surface area (TPSA) is 53.1 Å². The van der Waals surface area contributed by atoms with Crippen LogP contribution in [0.4, 0.5) is 0 Å². The number of hydrogen-bond donors (Lipinski definition) is 1. The molecule has 106 valence electrons. The molecule has 2 N–H and O–H groups in total. The highest BCUT2D eigenvalue weighted by Crippen LogP contribution is 2.13. The molecule has 0 saturated carbocycles. The summed E-state index contributed by atoms with van der Waals surface area (Å²) < 4.78 is 7.71. The van der Waals surface area contributed by atoms with E-state index in [4.69, 9.17) is 22.7 Å². The third kappa shape index (κ3) is 3.81. The van der Waals surface area contributed by atoms with Crippen molar-refractivity contribution < 1.29 is 4.74 Å². The van der Waals surface area contributed by atoms with Crippen LogP contribution in [0, 0.1) is 13.8 Å². The number of ether oxygens (including phenoxy) is 1. The number of aryl methyl sites for hydroxylation is 3. The normalized spacial score (nSPS) is 10.5. The maximum Gasteiger partial charge on any atom is 0.119 e. The van der Waals surface area contributed by atoms with E-state index in [9.17, 15) is 0 Å². The van der Waals surface area contributed by atoms with Gasteiger partial charge in [0, 0.05) is 24.2 Å². The Labute approximate surface area is 124 Å². The van der Waals surface area contributed by atoms with Crippen LogP contribution in [0.25, 0.3) is 0 Å². The first-order chi connectivity index (χ1) is 9.56. The third-order valence-electron chi connectivity index (χ3n) is 3.00. The van der Waals surface area contributed by atoms with Gasteiger partial charge < -0.3 is 10.5 Å². The highest BCUT2D eigenvalue weighted by molar-refractivity contribution is 7.80. The van der Waals surface area contributed by atoms with Gasteiger partial charge in [-0.2, -0.15) is 5.10 Å². The van der Waals surface area contributed by atoms with Crippen LogP contribution >= 0.6 is 12.2 Å². The van der Waals surface area contributed by atoms with E-state index in [1.54, 1.807) is 0 Å². The van der Waals surface area contributed by atoms with Gasteiger partial charge >= 0.3 is 0 Å². The van der Waals surface area contributed by atoms with Crippen molar-refractivity contribution in [1.29, 1.82) is 0 Å². The van der Waals surface area contributed by atoms with Crippen molar-refractivity contribution in [2.45, 2.75) is 26.8 Å². The van der Waals surface area contributed by atoms with Crippen molar-refractivity contribution in [3.63, 3.8) is 0 Å². The molecule has 0 aliphatic heterocycles. The molecule has 2 aromatic rings. The molecule has 0 aliphatic rings. The Morgan fingerprint density at radius 1 is 1.35 bits per heavy atom. The standard InChI is InChI=1S/C15H19N3OS/c1-11-9-12(2)18(17-11)7-4-8-19-14-6-3-5-13(10-14)15(16)20/h3,5-6,9-10H,4,7-8H2,1-2H3,(H2,16,20). The molecule has 0 amide bonds. The van der Waals surface area contributed by atoms with Gasteiger partial charge in [-0.1, -0.05) is 24.4 Å². The lowest BCUT2D eigenvalue weighted by atomic mass is 10.2. The summed E-state index contributed by atoms with van der Waals surface area (Å²) in [6, 6.07) is 9.62. The maximum absolute atomic E-state index is 5.71. The lowest BCUT2D eigenvalue weighted by molar-refractivity contribution is 0.298. The SMILES string of the molecule is Cc1cc(C)n(CCCOc2cccc(C(N)=S)c2)n1. The summed E-state index contributed by atoms with van der Waals surface area (Å²) >= 11 is 4.95. The Morgan fingerprint density at radius 3 is 2.80 bits per heavy atom. The van der Waals surface area contributed by atoms with Crippen molar-refractivity contribution in [2.24, 2.45) is 5.73 Å². The van der Waals surface area contributed by atoms with Gasteiger partial charge in [0.15, 0.2) is 0 Å². The Bertz CT molecular complexity index is 607. The minimum atomic E-state index is 0.387. The predicted molar refractivity (Wildman–Crippen MR) is 84.1 cm³/mol. The predicted octanol–water partition coefficient (Wildman–Crippen LogP) is 2.60. The molecular formula is C15H19N3OS. The van der Waals surface area contributed by atoms with Crippen molar-refractivity contribution in [3.05, 3.63) is 47.3 Å². The zero-order valence-electron chi connectivity index (χ0n) is 11.8. The average Bonchev–Trinajstić information content (AvgIpc) is 2.73. The second-order valence-corrected chi connectivity index (χ2v) is 5.18. The Hall–Kier alpha value is -1.88. The van der Waals surface area contributed by atoms with Crippen molar-refractivity contribution >= 4 is 17.2 Å². The van der Waals surface area contributed by atoms with Crippen LogP contribution in [-0.4, -0.2) is 21.4 Å². The largest absolute Gasteiger partial charge is 0.494 e. The second kappa shape index (κ2) is 6.52. The fraction of sp³-hybridized carbons (Fsp3) is 0.333. The summed E-state index contributed by atoms with van der Waals surface area (Å²) in [5, 5.41) is 4.42. The summed E-state index contributed by atoms with van der Waals surface area (Å²) in [7, 11) is 0. The van der Waals surface area contributed by atoms with E-state index in [0.717, 1.165) is 30.0 Å². The third-order valence-corrected chi connectivity index (χ3v) is 3.24. The number of rotatable bonds is 6. The first-order valence-corrected chi connectivity index (χ1v) is 7.01. The van der Waals surface area contributed by atoms with E-state index in [-0.39, 0.29) is 0 Å². The molecule has 0 fully saturated rings. The first-order valence-electron chi connectivity index (χ1n) is 6.60. The van der Waals surface area contributed by atoms with E-state index in [0.29, 0.717) is 11.6 Å². The zero-order chi connectivity index (χ0) is 14.5. The molecular weight excluding hydrogens is 270 g/mol. The lowest BCUT2D eigenvalue weighted by Crippen LogP contribution is -2.10. The molecule has 1 aromatic carbocycles. The first kappa shape index (κ1) is 14.5. The molecule has 0 atom stereocenters. The van der Waals surface area contributed by atoms with Gasteiger partial charge in [0.1, 0.15) is 10.7 Å². The van der Waals surface area contributed by atoms with Gasteiger partial charge in [-0.25, -0.2) is 0 Å². The smallest absolute Gasteiger partial charge is 0.119 e. The van der Waals surface area contributed by atoms with Crippen LogP contribution in [0.5, 0.6) is 5.75 Å². The molecule has 0 unspecified atom stereocenters. The van der Waals surface area contributed by atoms with Crippen molar-refractivity contribution in [3.8, 4) is 5.75 Å². The van der Waals surface area contributed by atoms with Gasteiger partial charge in [0.2, 0.25) is 0 Å². The van der Waals surface area contributed by atoms with Gasteiger partial charge in [-0.15, -0.1) is 0 Å². The van der Waals surface area contributed by atoms with Gasteiger partial charge in [0.25, 0.3) is 0 Å². The summed E-state index contributed by atoms with van der Waals surface area (Å²) in [4.78, 5) is 0.387. The highest BCUT2D eigenvalue weighted by Gasteiger charge is 2.02. The fourth-order valence-corrected chi connectivity index (χ4v) is 2.17. The lowest BCUT2D eigenvalue weighted by Gasteiger charge is -2.08. The summed E-state index contributed by atoms with van der Waals surface area (Å²) in [5.74, 6) is 0.795. The maximum atomic E-state index is 5.71. The second-order valence-electron chi connectivity index (χ2n) is 4.74. The Kier molecular flexibility index (Phi) is 4.74. The average molecular weight is 289 g/mol. The van der Waals surface area contributed by atoms with Crippen LogP contribution in [0.3, 0.4) is 0 Å². The number of hydrogen-bond acceptors (Lipinski definition) is 3. The number of aromatic nitrogens is 2. The molecule has 1 aromatic heterocycles. The Morgan fingerprint density at radius 2 is 2.15 bits per heavy atom. The van der Waals surface area contributed by atoms with E-state index in [1.807, 2.05) is 35.9 Å².